The first-order valence-corrected chi connectivity index (χ1v) is 4.60. The third-order valence-corrected chi connectivity index (χ3v) is 1.77. The molecular weight excluding hydrogens is 136 g/mol. The molecule has 0 aromatic carbocycles. The van der Waals surface area contributed by atoms with E-state index >= 15 is 0 Å². The van der Waals surface area contributed by atoms with Crippen LogP contribution in [0.5, 0.6) is 0 Å². The Balaban J connectivity index is 3.10. The molecule has 0 aromatic rings. The molecule has 0 aromatic heterocycles. The van der Waals surface area contributed by atoms with Crippen molar-refractivity contribution in [2.45, 2.75) is 52.1 Å². The van der Waals surface area contributed by atoms with Crippen molar-refractivity contribution in [3.05, 3.63) is 12.2 Å². The molecule has 0 amide bonds. The highest BCUT2D eigenvalue weighted by molar-refractivity contribution is 4.76. The normalized spacial score (nSPS) is 14.1. The Kier molecular flexibility index (Phi) is 7.59. The molecule has 0 fully saturated rings. The van der Waals surface area contributed by atoms with Crippen LogP contribution in [0, 0.1) is 0 Å². The first kappa shape index (κ1) is 10.7. The van der Waals surface area contributed by atoms with Crippen molar-refractivity contribution in [3.8, 4) is 0 Å². The molecule has 0 rings (SSSR count). The quantitative estimate of drug-likeness (QED) is 0.463. The summed E-state index contributed by atoms with van der Waals surface area (Å²) >= 11 is 0. The molecule has 0 saturated carbocycles. The summed E-state index contributed by atoms with van der Waals surface area (Å²) in [5, 5.41) is 9.32. The van der Waals surface area contributed by atoms with Gasteiger partial charge in [-0.15, -0.1) is 0 Å². The summed E-state index contributed by atoms with van der Waals surface area (Å²) in [6.07, 6.45) is 9.37. The van der Waals surface area contributed by atoms with Gasteiger partial charge in [-0.1, -0.05) is 25.5 Å². The first-order valence-electron chi connectivity index (χ1n) is 4.60. The Hall–Kier alpha value is -0.300. The average Bonchev–Trinajstić information content (AvgIpc) is 1.99. The second-order valence-electron chi connectivity index (χ2n) is 2.94. The van der Waals surface area contributed by atoms with Gasteiger partial charge in [-0.2, -0.15) is 0 Å². The number of aliphatic hydroxyl groups excluding tert-OH is 1. The number of aliphatic hydroxyl groups is 1. The lowest BCUT2D eigenvalue weighted by molar-refractivity contribution is 0.151. The number of rotatable bonds is 6. The van der Waals surface area contributed by atoms with Crippen LogP contribution in [0.15, 0.2) is 12.2 Å². The van der Waals surface area contributed by atoms with Crippen molar-refractivity contribution < 1.29 is 5.11 Å². The number of hydrogen-bond donors (Lipinski definition) is 1. The Morgan fingerprint density at radius 2 is 2.09 bits per heavy atom. The zero-order valence-electron chi connectivity index (χ0n) is 7.71. The lowest BCUT2D eigenvalue weighted by Crippen LogP contribution is -2.04. The monoisotopic (exact) mass is 156 g/mol. The average molecular weight is 156 g/mol. The highest BCUT2D eigenvalue weighted by Gasteiger charge is 1.99. The first-order chi connectivity index (χ1) is 5.31. The van der Waals surface area contributed by atoms with Crippen LogP contribution < -0.4 is 0 Å². The van der Waals surface area contributed by atoms with Gasteiger partial charge >= 0.3 is 0 Å². The number of unbranched alkanes of at least 4 members (excludes halogenated alkanes) is 1. The fourth-order valence-electron chi connectivity index (χ4n) is 1.12. The van der Waals surface area contributed by atoms with Crippen LogP contribution in [0.3, 0.4) is 0 Å². The van der Waals surface area contributed by atoms with E-state index in [1.54, 1.807) is 0 Å². The van der Waals surface area contributed by atoms with Crippen molar-refractivity contribution in [3.63, 3.8) is 0 Å². The van der Waals surface area contributed by atoms with Crippen LogP contribution in [0.1, 0.15) is 46.0 Å². The van der Waals surface area contributed by atoms with Crippen molar-refractivity contribution in [2.75, 3.05) is 0 Å². The van der Waals surface area contributed by atoms with Crippen molar-refractivity contribution in [1.29, 1.82) is 0 Å². The highest BCUT2D eigenvalue weighted by atomic mass is 16.3. The highest BCUT2D eigenvalue weighted by Crippen LogP contribution is 2.06. The Morgan fingerprint density at radius 1 is 1.36 bits per heavy atom. The number of allylic oxidation sites excluding steroid dienone is 2. The van der Waals surface area contributed by atoms with Crippen LogP contribution in [0.4, 0.5) is 0 Å². The topological polar surface area (TPSA) is 20.2 Å². The summed E-state index contributed by atoms with van der Waals surface area (Å²) in [5.74, 6) is 0. The van der Waals surface area contributed by atoms with E-state index in [0.29, 0.717) is 0 Å². The molecule has 0 aliphatic rings. The molecule has 0 saturated heterocycles. The van der Waals surface area contributed by atoms with E-state index in [1.807, 2.05) is 6.92 Å². The summed E-state index contributed by atoms with van der Waals surface area (Å²) in [7, 11) is 0. The van der Waals surface area contributed by atoms with Gasteiger partial charge in [0.15, 0.2) is 0 Å². The Labute approximate surface area is 70.1 Å². The van der Waals surface area contributed by atoms with Gasteiger partial charge in [-0.3, -0.25) is 0 Å². The van der Waals surface area contributed by atoms with Crippen molar-refractivity contribution >= 4 is 0 Å². The van der Waals surface area contributed by atoms with Crippen LogP contribution in [0.25, 0.3) is 0 Å². The summed E-state index contributed by atoms with van der Waals surface area (Å²) in [5.41, 5.74) is 0. The van der Waals surface area contributed by atoms with Gasteiger partial charge in [0.1, 0.15) is 0 Å². The zero-order valence-corrected chi connectivity index (χ0v) is 7.71. The van der Waals surface area contributed by atoms with E-state index in [0.717, 1.165) is 32.1 Å². The van der Waals surface area contributed by atoms with Gasteiger partial charge in [0.2, 0.25) is 0 Å². The predicted molar refractivity (Wildman–Crippen MR) is 49.6 cm³/mol. The van der Waals surface area contributed by atoms with Crippen molar-refractivity contribution in [1.82, 2.24) is 0 Å². The van der Waals surface area contributed by atoms with E-state index in [2.05, 4.69) is 19.1 Å². The minimum absolute atomic E-state index is 0.0646. The second kappa shape index (κ2) is 7.80. The smallest absolute Gasteiger partial charge is 0.0540 e. The molecule has 0 heterocycles. The summed E-state index contributed by atoms with van der Waals surface area (Å²) in [4.78, 5) is 0. The molecular formula is C10H20O. The third-order valence-electron chi connectivity index (χ3n) is 1.77. The van der Waals surface area contributed by atoms with E-state index in [4.69, 9.17) is 0 Å². The lowest BCUT2D eigenvalue weighted by Gasteiger charge is -2.06. The fraction of sp³-hybridized carbons (Fsp3) is 0.800. The summed E-state index contributed by atoms with van der Waals surface area (Å²) in [6.45, 7) is 4.14. The summed E-state index contributed by atoms with van der Waals surface area (Å²) in [6, 6.07) is 0. The predicted octanol–water partition coefficient (Wildman–Crippen LogP) is 2.89. The van der Waals surface area contributed by atoms with E-state index < -0.39 is 0 Å². The molecule has 66 valence electrons. The largest absolute Gasteiger partial charge is 0.393 e. The van der Waals surface area contributed by atoms with Crippen molar-refractivity contribution in [2.24, 2.45) is 0 Å². The SMILES string of the molecule is CC=CCCCC(O)CCC. The second-order valence-corrected chi connectivity index (χ2v) is 2.94. The molecule has 1 N–H and O–H groups in total. The molecule has 0 spiro atoms. The van der Waals surface area contributed by atoms with Gasteiger partial charge in [-0.25, -0.2) is 0 Å². The van der Waals surface area contributed by atoms with E-state index in [-0.39, 0.29) is 6.10 Å². The van der Waals surface area contributed by atoms with E-state index in [1.165, 1.54) is 0 Å². The zero-order chi connectivity index (χ0) is 8.53. The maximum absolute atomic E-state index is 9.32. The molecule has 0 bridgehead atoms. The van der Waals surface area contributed by atoms with Crippen LogP contribution >= 0.6 is 0 Å². The van der Waals surface area contributed by atoms with Crippen LogP contribution in [-0.4, -0.2) is 11.2 Å². The maximum Gasteiger partial charge on any atom is 0.0540 e. The molecule has 1 nitrogen and oxygen atoms in total. The minimum Gasteiger partial charge on any atom is -0.393 e. The standard InChI is InChI=1S/C10H20O/c1-3-5-6-7-9-10(11)8-4-2/h3,5,10-11H,4,6-9H2,1-2H3. The minimum atomic E-state index is -0.0646. The fourth-order valence-corrected chi connectivity index (χ4v) is 1.12. The Bertz CT molecular complexity index is 97.0. The Morgan fingerprint density at radius 3 is 2.64 bits per heavy atom. The molecule has 1 atom stereocenters. The molecule has 1 unspecified atom stereocenters. The van der Waals surface area contributed by atoms with Gasteiger partial charge in [0.25, 0.3) is 0 Å². The lowest BCUT2D eigenvalue weighted by atomic mass is 10.1. The maximum atomic E-state index is 9.32. The number of hydrogen-bond acceptors (Lipinski definition) is 1. The molecule has 0 radical (unpaired) electrons. The molecule has 11 heavy (non-hydrogen) atoms. The molecule has 1 heteroatoms. The van der Waals surface area contributed by atoms with Gasteiger partial charge in [0.05, 0.1) is 6.10 Å². The third kappa shape index (κ3) is 7.60. The van der Waals surface area contributed by atoms with Gasteiger partial charge < -0.3 is 5.11 Å². The van der Waals surface area contributed by atoms with Crippen LogP contribution in [-0.2, 0) is 0 Å². The van der Waals surface area contributed by atoms with E-state index in [9.17, 15) is 5.11 Å². The van der Waals surface area contributed by atoms with Gasteiger partial charge in [-0.05, 0) is 32.6 Å². The summed E-state index contributed by atoms with van der Waals surface area (Å²) < 4.78 is 0. The molecule has 0 aliphatic carbocycles. The molecule has 0 aliphatic heterocycles. The van der Waals surface area contributed by atoms with Crippen LogP contribution in [0.2, 0.25) is 0 Å². The van der Waals surface area contributed by atoms with Gasteiger partial charge in [0, 0.05) is 0 Å².